The number of para-hydroxylation sites is 1. The van der Waals surface area contributed by atoms with Crippen molar-refractivity contribution in [2.75, 3.05) is 6.61 Å². The highest BCUT2D eigenvalue weighted by Gasteiger charge is 2.25. The summed E-state index contributed by atoms with van der Waals surface area (Å²) < 4.78 is 6.47. The standard InChI is InChI=1S/C11H9BrN2OS/c12-11-14-13-10(16-11)8-5-6-15-9-4-2-1-3-7(8)9/h1-4,8H,5-6H2. The third-order valence-corrected chi connectivity index (χ3v) is 4.14. The highest BCUT2D eigenvalue weighted by atomic mass is 79.9. The summed E-state index contributed by atoms with van der Waals surface area (Å²) in [5.74, 6) is 1.30. The highest BCUT2D eigenvalue weighted by Crippen LogP contribution is 2.39. The van der Waals surface area contributed by atoms with Gasteiger partial charge in [0.25, 0.3) is 0 Å². The van der Waals surface area contributed by atoms with Gasteiger partial charge in [-0.15, -0.1) is 10.2 Å². The molecule has 0 amide bonds. The van der Waals surface area contributed by atoms with E-state index in [9.17, 15) is 0 Å². The molecule has 2 heterocycles. The normalized spacial score (nSPS) is 18.9. The Labute approximate surface area is 106 Å². The van der Waals surface area contributed by atoms with Crippen LogP contribution in [0.5, 0.6) is 5.75 Å². The third-order valence-electron chi connectivity index (χ3n) is 2.67. The van der Waals surface area contributed by atoms with Crippen LogP contribution in [0.4, 0.5) is 0 Å². The SMILES string of the molecule is Brc1nnc(C2CCOc3ccccc32)s1. The molecule has 3 rings (SSSR count). The Morgan fingerprint density at radius 1 is 1.31 bits per heavy atom. The third kappa shape index (κ3) is 1.74. The fourth-order valence-corrected chi connectivity index (χ4v) is 3.25. The van der Waals surface area contributed by atoms with Crippen molar-refractivity contribution in [2.24, 2.45) is 0 Å². The highest BCUT2D eigenvalue weighted by molar-refractivity contribution is 9.11. The van der Waals surface area contributed by atoms with Gasteiger partial charge in [-0.05, 0) is 28.4 Å². The minimum atomic E-state index is 0.328. The molecule has 0 saturated carbocycles. The van der Waals surface area contributed by atoms with Gasteiger partial charge in [-0.25, -0.2) is 0 Å². The monoisotopic (exact) mass is 296 g/mol. The predicted molar refractivity (Wildman–Crippen MR) is 66.0 cm³/mol. The molecule has 1 atom stereocenters. The van der Waals surface area contributed by atoms with Crippen molar-refractivity contribution in [3.8, 4) is 5.75 Å². The lowest BCUT2D eigenvalue weighted by molar-refractivity contribution is 0.276. The molecule has 0 N–H and O–H groups in total. The van der Waals surface area contributed by atoms with Gasteiger partial charge in [0, 0.05) is 11.5 Å². The molecular formula is C11H9BrN2OS. The van der Waals surface area contributed by atoms with E-state index in [1.54, 1.807) is 11.3 Å². The predicted octanol–water partition coefficient (Wildman–Crippen LogP) is 3.22. The van der Waals surface area contributed by atoms with E-state index in [0.717, 1.165) is 27.7 Å². The van der Waals surface area contributed by atoms with Gasteiger partial charge in [0.15, 0.2) is 3.92 Å². The molecule has 1 aliphatic rings. The molecule has 0 bridgehead atoms. The molecule has 3 nitrogen and oxygen atoms in total. The average Bonchev–Trinajstić information content (AvgIpc) is 2.75. The van der Waals surface area contributed by atoms with Crippen molar-refractivity contribution in [3.63, 3.8) is 0 Å². The smallest absolute Gasteiger partial charge is 0.183 e. The van der Waals surface area contributed by atoms with Gasteiger partial charge in [0.05, 0.1) is 6.61 Å². The number of hydrogen-bond donors (Lipinski definition) is 0. The number of nitrogens with zero attached hydrogens (tertiary/aromatic N) is 2. The molecular weight excluding hydrogens is 288 g/mol. The van der Waals surface area contributed by atoms with Crippen LogP contribution >= 0.6 is 27.3 Å². The summed E-state index contributed by atoms with van der Waals surface area (Å²) in [6, 6.07) is 8.15. The van der Waals surface area contributed by atoms with E-state index in [1.807, 2.05) is 18.2 Å². The summed E-state index contributed by atoms with van der Waals surface area (Å²) in [4.78, 5) is 0. The lowest BCUT2D eigenvalue weighted by atomic mass is 9.94. The number of halogens is 1. The van der Waals surface area contributed by atoms with Crippen LogP contribution in [0.3, 0.4) is 0 Å². The Hall–Kier alpha value is -0.940. The summed E-state index contributed by atoms with van der Waals surface area (Å²) in [5.41, 5.74) is 1.22. The zero-order chi connectivity index (χ0) is 11.0. The fraction of sp³-hybridized carbons (Fsp3) is 0.273. The molecule has 1 aliphatic heterocycles. The Morgan fingerprint density at radius 3 is 3.00 bits per heavy atom. The lowest BCUT2D eigenvalue weighted by Gasteiger charge is -2.23. The molecule has 5 heteroatoms. The van der Waals surface area contributed by atoms with Gasteiger partial charge < -0.3 is 4.74 Å². The molecule has 1 aromatic heterocycles. The molecule has 0 radical (unpaired) electrons. The summed E-state index contributed by atoms with van der Waals surface area (Å²) in [6.07, 6.45) is 0.971. The second-order valence-corrected chi connectivity index (χ2v) is 5.91. The summed E-state index contributed by atoms with van der Waals surface area (Å²) in [6.45, 7) is 0.749. The maximum absolute atomic E-state index is 5.63. The summed E-state index contributed by atoms with van der Waals surface area (Å²) in [5, 5.41) is 9.27. The quantitative estimate of drug-likeness (QED) is 0.810. The van der Waals surface area contributed by atoms with Crippen LogP contribution in [0.1, 0.15) is 22.9 Å². The topological polar surface area (TPSA) is 35.0 Å². The maximum atomic E-state index is 5.63. The number of ether oxygens (including phenoxy) is 1. The van der Waals surface area contributed by atoms with E-state index in [-0.39, 0.29) is 0 Å². The van der Waals surface area contributed by atoms with Crippen LogP contribution in [0.15, 0.2) is 28.2 Å². The molecule has 2 aromatic rings. The number of hydrogen-bond acceptors (Lipinski definition) is 4. The number of rotatable bonds is 1. The van der Waals surface area contributed by atoms with Crippen molar-refractivity contribution in [3.05, 3.63) is 38.8 Å². The van der Waals surface area contributed by atoms with E-state index < -0.39 is 0 Å². The van der Waals surface area contributed by atoms with Crippen molar-refractivity contribution < 1.29 is 4.74 Å². The van der Waals surface area contributed by atoms with Crippen molar-refractivity contribution >= 4 is 27.3 Å². The lowest BCUT2D eigenvalue weighted by Crippen LogP contribution is -2.14. The largest absolute Gasteiger partial charge is 0.493 e. The van der Waals surface area contributed by atoms with Crippen molar-refractivity contribution in [1.29, 1.82) is 0 Å². The second kappa shape index (κ2) is 4.14. The fourth-order valence-electron chi connectivity index (χ4n) is 1.96. The van der Waals surface area contributed by atoms with Gasteiger partial charge in [-0.2, -0.15) is 0 Å². The average molecular weight is 297 g/mol. The van der Waals surface area contributed by atoms with Crippen molar-refractivity contribution in [2.45, 2.75) is 12.3 Å². The first-order chi connectivity index (χ1) is 7.84. The van der Waals surface area contributed by atoms with Crippen LogP contribution in [-0.4, -0.2) is 16.8 Å². The number of benzene rings is 1. The van der Waals surface area contributed by atoms with Gasteiger partial charge in [-0.3, -0.25) is 0 Å². The zero-order valence-electron chi connectivity index (χ0n) is 8.39. The van der Waals surface area contributed by atoms with E-state index in [0.29, 0.717) is 5.92 Å². The number of aromatic nitrogens is 2. The first kappa shape index (κ1) is 10.2. The second-order valence-electron chi connectivity index (χ2n) is 3.62. The molecule has 0 aliphatic carbocycles. The van der Waals surface area contributed by atoms with Gasteiger partial charge in [0.1, 0.15) is 10.8 Å². The van der Waals surface area contributed by atoms with E-state index in [2.05, 4.69) is 32.2 Å². The zero-order valence-corrected chi connectivity index (χ0v) is 10.8. The van der Waals surface area contributed by atoms with E-state index in [4.69, 9.17) is 4.74 Å². The first-order valence-corrected chi connectivity index (χ1v) is 6.66. The molecule has 1 aromatic carbocycles. The minimum absolute atomic E-state index is 0.328. The van der Waals surface area contributed by atoms with Crippen LogP contribution in [-0.2, 0) is 0 Å². The van der Waals surface area contributed by atoms with Crippen LogP contribution in [0.2, 0.25) is 0 Å². The Bertz CT molecular complexity index is 514. The Balaban J connectivity index is 2.04. The van der Waals surface area contributed by atoms with Crippen LogP contribution in [0, 0.1) is 0 Å². The molecule has 16 heavy (non-hydrogen) atoms. The molecule has 0 saturated heterocycles. The van der Waals surface area contributed by atoms with Crippen LogP contribution < -0.4 is 4.74 Å². The van der Waals surface area contributed by atoms with Gasteiger partial charge in [-0.1, -0.05) is 29.5 Å². The Kier molecular flexibility index (Phi) is 2.65. The van der Waals surface area contributed by atoms with E-state index in [1.165, 1.54) is 5.56 Å². The van der Waals surface area contributed by atoms with Crippen molar-refractivity contribution in [1.82, 2.24) is 10.2 Å². The maximum Gasteiger partial charge on any atom is 0.183 e. The Morgan fingerprint density at radius 2 is 2.19 bits per heavy atom. The molecule has 82 valence electrons. The van der Waals surface area contributed by atoms with Gasteiger partial charge in [0.2, 0.25) is 0 Å². The summed E-state index contributed by atoms with van der Waals surface area (Å²) >= 11 is 4.95. The summed E-state index contributed by atoms with van der Waals surface area (Å²) in [7, 11) is 0. The minimum Gasteiger partial charge on any atom is -0.493 e. The molecule has 0 fully saturated rings. The molecule has 1 unspecified atom stereocenters. The molecule has 0 spiro atoms. The van der Waals surface area contributed by atoms with Gasteiger partial charge >= 0.3 is 0 Å². The van der Waals surface area contributed by atoms with E-state index >= 15 is 0 Å². The van der Waals surface area contributed by atoms with Crippen LogP contribution in [0.25, 0.3) is 0 Å². The number of fused-ring (bicyclic) bond motifs is 1. The first-order valence-electron chi connectivity index (χ1n) is 5.05.